The summed E-state index contributed by atoms with van der Waals surface area (Å²) in [6.45, 7) is 8.91. The van der Waals surface area contributed by atoms with Gasteiger partial charge in [-0.25, -0.2) is 14.8 Å². The van der Waals surface area contributed by atoms with Crippen molar-refractivity contribution in [3.8, 4) is 11.3 Å². The van der Waals surface area contributed by atoms with Gasteiger partial charge in [-0.15, -0.1) is 5.48 Å². The van der Waals surface area contributed by atoms with Crippen molar-refractivity contribution in [2.45, 2.75) is 90.5 Å². The number of carbonyl (C=O) groups is 2. The fraction of sp³-hybridized carbons (Fsp3) is 0.594. The van der Waals surface area contributed by atoms with Crippen molar-refractivity contribution in [3.05, 3.63) is 35.2 Å². The molecule has 2 N–H and O–H groups in total. The first-order chi connectivity index (χ1) is 21.2. The lowest BCUT2D eigenvalue weighted by molar-refractivity contribution is -0.139. The van der Waals surface area contributed by atoms with Gasteiger partial charge in [0.2, 0.25) is 11.9 Å². The van der Waals surface area contributed by atoms with E-state index in [1.165, 1.54) is 25.7 Å². The fourth-order valence-electron chi connectivity index (χ4n) is 7.43. The number of piperazine rings is 1. The molecule has 2 saturated heterocycles. The molecule has 0 radical (unpaired) electrons. The van der Waals surface area contributed by atoms with Crippen LogP contribution < -0.4 is 15.7 Å². The summed E-state index contributed by atoms with van der Waals surface area (Å²) in [6.07, 6.45) is 10.2. The van der Waals surface area contributed by atoms with E-state index in [9.17, 15) is 9.59 Å². The normalized spacial score (nSPS) is 27.7. The number of aromatic nitrogens is 4. The standard InChI is InChI=1S/C32H41ClN8O3/c1-18-7-9-21(10-8-18)17-40-28-25(36-31(40)41-19(2)15-39(16-20(41)3)30(42)22-5-4-6-22)12-26(29-37-32(43)44-38-29)35-27(28)23-11-24(33)14-34-13-23/h11-14,18-22,29,38H,4-10,15-17H2,1-3H3,(H,37,43)/t18?,19-,20-,21?,29?/m1/s1. The third kappa shape index (κ3) is 5.49. The van der Waals surface area contributed by atoms with Crippen LogP contribution >= 0.6 is 11.6 Å². The van der Waals surface area contributed by atoms with Crippen LogP contribution in [0.25, 0.3) is 22.3 Å². The number of hydrogen-bond donors (Lipinski definition) is 2. The van der Waals surface area contributed by atoms with Crippen LogP contribution in [0.15, 0.2) is 24.5 Å². The van der Waals surface area contributed by atoms with Gasteiger partial charge in [0.05, 0.1) is 27.4 Å². The third-order valence-corrected chi connectivity index (χ3v) is 10.2. The molecule has 2 saturated carbocycles. The minimum absolute atomic E-state index is 0.0811. The zero-order valence-electron chi connectivity index (χ0n) is 25.6. The molecule has 5 heterocycles. The maximum absolute atomic E-state index is 13.2. The first kappa shape index (κ1) is 29.3. The van der Waals surface area contributed by atoms with Gasteiger partial charge in [-0.05, 0) is 63.5 Å². The second kappa shape index (κ2) is 11.8. The number of fused-ring (bicyclic) bond motifs is 1. The number of carbonyl (C=O) groups excluding carboxylic acids is 2. The number of halogens is 1. The van der Waals surface area contributed by atoms with Crippen molar-refractivity contribution in [3.63, 3.8) is 0 Å². The number of hydroxylamine groups is 1. The van der Waals surface area contributed by atoms with Crippen LogP contribution in [-0.2, 0) is 16.2 Å². The molecular weight excluding hydrogens is 580 g/mol. The monoisotopic (exact) mass is 620 g/mol. The lowest BCUT2D eigenvalue weighted by Crippen LogP contribution is -2.60. The smallest absolute Gasteiger partial charge is 0.351 e. The summed E-state index contributed by atoms with van der Waals surface area (Å²) in [4.78, 5) is 49.4. The average molecular weight is 621 g/mol. The van der Waals surface area contributed by atoms with E-state index < -0.39 is 12.3 Å². The zero-order valence-corrected chi connectivity index (χ0v) is 26.4. The summed E-state index contributed by atoms with van der Waals surface area (Å²) in [5, 5.41) is 3.28. The van der Waals surface area contributed by atoms with Crippen LogP contribution in [0.4, 0.5) is 10.7 Å². The molecule has 12 heteroatoms. The van der Waals surface area contributed by atoms with Crippen LogP contribution in [0, 0.1) is 17.8 Å². The molecule has 2 aliphatic heterocycles. The highest BCUT2D eigenvalue weighted by molar-refractivity contribution is 6.30. The molecule has 2 aliphatic carbocycles. The minimum Gasteiger partial charge on any atom is -0.351 e. The maximum Gasteiger partial charge on any atom is 0.427 e. The molecule has 0 bridgehead atoms. The van der Waals surface area contributed by atoms with Crippen LogP contribution in [0.5, 0.6) is 0 Å². The number of nitrogens with one attached hydrogen (secondary N) is 2. The Morgan fingerprint density at radius 1 is 1.02 bits per heavy atom. The van der Waals surface area contributed by atoms with E-state index in [4.69, 9.17) is 26.4 Å². The highest BCUT2D eigenvalue weighted by Gasteiger charge is 2.39. The summed E-state index contributed by atoms with van der Waals surface area (Å²) in [5.74, 6) is 2.65. The van der Waals surface area contributed by atoms with E-state index in [2.05, 4.69) is 50.9 Å². The van der Waals surface area contributed by atoms with Gasteiger partial charge in [0, 0.05) is 55.6 Å². The predicted octanol–water partition coefficient (Wildman–Crippen LogP) is 5.44. The Bertz CT molecular complexity index is 1550. The summed E-state index contributed by atoms with van der Waals surface area (Å²) in [5.41, 5.74) is 6.49. The highest BCUT2D eigenvalue weighted by atomic mass is 35.5. The summed E-state index contributed by atoms with van der Waals surface area (Å²) < 4.78 is 2.36. The van der Waals surface area contributed by atoms with Gasteiger partial charge in [0.25, 0.3) is 0 Å². The molecule has 4 fully saturated rings. The first-order valence-electron chi connectivity index (χ1n) is 16.1. The van der Waals surface area contributed by atoms with Crippen molar-refractivity contribution >= 4 is 40.6 Å². The van der Waals surface area contributed by atoms with E-state index in [1.807, 2.05) is 12.1 Å². The number of nitrogens with zero attached hydrogens (tertiary/aromatic N) is 6. The molecule has 2 amide bonds. The maximum atomic E-state index is 13.2. The predicted molar refractivity (Wildman–Crippen MR) is 168 cm³/mol. The Labute approximate surface area is 262 Å². The fourth-order valence-corrected chi connectivity index (χ4v) is 7.60. The van der Waals surface area contributed by atoms with Crippen molar-refractivity contribution < 1.29 is 14.4 Å². The van der Waals surface area contributed by atoms with Crippen molar-refractivity contribution in [1.29, 1.82) is 0 Å². The Morgan fingerprint density at radius 3 is 2.41 bits per heavy atom. The molecule has 3 aromatic heterocycles. The van der Waals surface area contributed by atoms with E-state index >= 15 is 0 Å². The van der Waals surface area contributed by atoms with Gasteiger partial charge in [0.1, 0.15) is 0 Å². The summed E-state index contributed by atoms with van der Waals surface area (Å²) in [6, 6.07) is 3.96. The molecule has 7 rings (SSSR count). The molecule has 234 valence electrons. The molecule has 1 unspecified atom stereocenters. The highest BCUT2D eigenvalue weighted by Crippen LogP contribution is 2.39. The second-order valence-electron chi connectivity index (χ2n) is 13.4. The van der Waals surface area contributed by atoms with Gasteiger partial charge in [-0.2, -0.15) is 0 Å². The van der Waals surface area contributed by atoms with Gasteiger partial charge >= 0.3 is 6.09 Å². The molecule has 44 heavy (non-hydrogen) atoms. The molecule has 0 aromatic carbocycles. The largest absolute Gasteiger partial charge is 0.427 e. The van der Waals surface area contributed by atoms with Crippen LogP contribution in [0.3, 0.4) is 0 Å². The number of hydrogen-bond acceptors (Lipinski definition) is 8. The van der Waals surface area contributed by atoms with Crippen molar-refractivity contribution in [2.75, 3.05) is 18.0 Å². The zero-order chi connectivity index (χ0) is 30.5. The number of imidazole rings is 1. The molecule has 0 spiro atoms. The van der Waals surface area contributed by atoms with E-state index in [0.717, 1.165) is 54.3 Å². The molecular formula is C32H41ClN8O3. The number of amides is 2. The Morgan fingerprint density at radius 2 is 1.77 bits per heavy atom. The molecule has 11 nitrogen and oxygen atoms in total. The van der Waals surface area contributed by atoms with E-state index in [-0.39, 0.29) is 18.0 Å². The van der Waals surface area contributed by atoms with Gasteiger partial charge in [0.15, 0.2) is 6.17 Å². The van der Waals surface area contributed by atoms with Crippen molar-refractivity contribution in [1.82, 2.24) is 35.2 Å². The second-order valence-corrected chi connectivity index (χ2v) is 13.8. The quantitative estimate of drug-likeness (QED) is 0.374. The summed E-state index contributed by atoms with van der Waals surface area (Å²) >= 11 is 6.44. The van der Waals surface area contributed by atoms with Crippen LogP contribution in [0.2, 0.25) is 5.02 Å². The molecule has 4 aliphatic rings. The Balaban J connectivity index is 1.35. The van der Waals surface area contributed by atoms with Crippen molar-refractivity contribution in [2.24, 2.45) is 17.8 Å². The topological polar surface area (TPSA) is 118 Å². The number of anilines is 1. The van der Waals surface area contributed by atoms with E-state index in [1.54, 1.807) is 12.4 Å². The Hall–Kier alpha value is -3.44. The lowest BCUT2D eigenvalue weighted by atomic mass is 9.83. The van der Waals surface area contributed by atoms with Gasteiger partial charge in [-0.3, -0.25) is 15.1 Å². The third-order valence-electron chi connectivity index (χ3n) is 10.0. The lowest BCUT2D eigenvalue weighted by Gasteiger charge is -2.46. The molecule has 3 aromatic rings. The SMILES string of the molecule is CC1CCC(Cn2c(N3[C@H](C)CN(C(=O)C4CCC4)C[C@H]3C)nc3cc(C4NOC(=O)N4)nc(-c4cncc(Cl)c4)c32)CC1. The van der Waals surface area contributed by atoms with Gasteiger partial charge < -0.3 is 19.2 Å². The first-order valence-corrected chi connectivity index (χ1v) is 16.4. The van der Waals surface area contributed by atoms with Crippen LogP contribution in [0.1, 0.15) is 77.6 Å². The number of rotatable bonds is 6. The summed E-state index contributed by atoms with van der Waals surface area (Å²) in [7, 11) is 0. The van der Waals surface area contributed by atoms with Gasteiger partial charge in [-0.1, -0.05) is 37.8 Å². The van der Waals surface area contributed by atoms with Crippen LogP contribution in [-0.4, -0.2) is 61.6 Å². The van der Waals surface area contributed by atoms with E-state index in [0.29, 0.717) is 41.3 Å². The average Bonchev–Trinajstić information content (AvgIpc) is 3.56. The molecule has 3 atom stereocenters. The minimum atomic E-state index is -0.620. The number of pyridine rings is 2. The Kier molecular flexibility index (Phi) is 7.86.